The zero-order chi connectivity index (χ0) is 14.1. The van der Waals surface area contributed by atoms with E-state index in [4.69, 9.17) is 21.3 Å². The van der Waals surface area contributed by atoms with Gasteiger partial charge in [0.25, 0.3) is 0 Å². The number of halogens is 1. The molecule has 0 saturated heterocycles. The highest BCUT2D eigenvalue weighted by molar-refractivity contribution is 6.35. The molecule has 0 amide bonds. The molecule has 20 heavy (non-hydrogen) atoms. The average Bonchev–Trinajstić information content (AvgIpc) is 2.46. The van der Waals surface area contributed by atoms with Crippen LogP contribution in [-0.2, 0) is 0 Å². The van der Waals surface area contributed by atoms with Gasteiger partial charge in [-0.3, -0.25) is 0 Å². The Hall–Kier alpha value is -2.06. The summed E-state index contributed by atoms with van der Waals surface area (Å²) in [6.45, 7) is 2.05. The number of aryl methyl sites for hydroxylation is 1. The fourth-order valence-electron chi connectivity index (χ4n) is 2.21. The van der Waals surface area contributed by atoms with Gasteiger partial charge >= 0.3 is 0 Å². The first-order valence-electron chi connectivity index (χ1n) is 6.39. The highest BCUT2D eigenvalue weighted by atomic mass is 35.5. The molecule has 0 N–H and O–H groups in total. The summed E-state index contributed by atoms with van der Waals surface area (Å²) in [7, 11) is 1.66. The predicted octanol–water partition coefficient (Wildman–Crippen LogP) is 4.87. The van der Waals surface area contributed by atoms with E-state index in [1.807, 2.05) is 48.5 Å². The fraction of sp³-hybridized carbons (Fsp3) is 0.118. The van der Waals surface area contributed by atoms with E-state index in [9.17, 15) is 0 Å². The highest BCUT2D eigenvalue weighted by Crippen LogP contribution is 2.29. The van der Waals surface area contributed by atoms with Gasteiger partial charge in [0, 0.05) is 10.9 Å². The van der Waals surface area contributed by atoms with Gasteiger partial charge in [0.05, 0.1) is 23.3 Å². The van der Waals surface area contributed by atoms with Crippen LogP contribution in [0.2, 0.25) is 5.02 Å². The van der Waals surface area contributed by atoms with Crippen molar-refractivity contribution in [1.82, 2.24) is 4.98 Å². The van der Waals surface area contributed by atoms with Crippen LogP contribution in [0.3, 0.4) is 0 Å². The third-order valence-corrected chi connectivity index (χ3v) is 3.61. The quantitative estimate of drug-likeness (QED) is 0.669. The van der Waals surface area contributed by atoms with Crippen LogP contribution in [0.15, 0.2) is 48.5 Å². The van der Waals surface area contributed by atoms with Crippen LogP contribution in [0.25, 0.3) is 22.2 Å². The molecule has 1 heterocycles. The molecule has 0 saturated carbocycles. The summed E-state index contributed by atoms with van der Waals surface area (Å²) < 4.78 is 5.17. The minimum atomic E-state index is 0.723. The first-order valence-corrected chi connectivity index (χ1v) is 6.76. The van der Waals surface area contributed by atoms with E-state index in [0.717, 1.165) is 32.9 Å². The molecule has 0 bridgehead atoms. The monoisotopic (exact) mass is 283 g/mol. The second-order valence-corrected chi connectivity index (χ2v) is 5.15. The summed E-state index contributed by atoms with van der Waals surface area (Å²) in [4.78, 5) is 4.70. The Bertz CT molecular complexity index is 766. The van der Waals surface area contributed by atoms with E-state index < -0.39 is 0 Å². The molecule has 0 unspecified atom stereocenters. The third-order valence-electron chi connectivity index (χ3n) is 3.30. The number of pyridine rings is 1. The first kappa shape index (κ1) is 12.9. The molecule has 0 aliphatic rings. The van der Waals surface area contributed by atoms with E-state index in [0.29, 0.717) is 0 Å². The smallest absolute Gasteiger partial charge is 0.118 e. The molecule has 0 spiro atoms. The Morgan fingerprint density at radius 1 is 1.00 bits per heavy atom. The standard InChI is InChI=1S/C17H14ClNO/c1-11-3-8-14-15(18)10-16(19-17(14)9-11)12-4-6-13(20-2)7-5-12/h3-10H,1-2H3. The van der Waals surface area contributed by atoms with Gasteiger partial charge in [-0.15, -0.1) is 0 Å². The number of hydrogen-bond acceptors (Lipinski definition) is 2. The molecule has 1 aromatic heterocycles. The number of aromatic nitrogens is 1. The van der Waals surface area contributed by atoms with Gasteiger partial charge in [-0.1, -0.05) is 23.7 Å². The van der Waals surface area contributed by atoms with Crippen molar-refractivity contribution >= 4 is 22.5 Å². The second kappa shape index (κ2) is 5.14. The normalized spacial score (nSPS) is 10.8. The zero-order valence-electron chi connectivity index (χ0n) is 11.4. The maximum atomic E-state index is 6.36. The summed E-state index contributed by atoms with van der Waals surface area (Å²) in [5, 5.41) is 1.70. The lowest BCUT2D eigenvalue weighted by Gasteiger charge is -2.07. The van der Waals surface area contributed by atoms with E-state index in [1.54, 1.807) is 7.11 Å². The molecule has 0 aliphatic carbocycles. The van der Waals surface area contributed by atoms with Crippen molar-refractivity contribution in [2.75, 3.05) is 7.11 Å². The fourth-order valence-corrected chi connectivity index (χ4v) is 2.47. The number of hydrogen-bond donors (Lipinski definition) is 0. The molecule has 3 aromatic rings. The Labute approximate surface area is 123 Å². The summed E-state index contributed by atoms with van der Waals surface area (Å²) in [5.74, 6) is 0.830. The van der Waals surface area contributed by atoms with Gasteiger partial charge < -0.3 is 4.74 Å². The van der Waals surface area contributed by atoms with Crippen molar-refractivity contribution in [3.05, 3.63) is 59.1 Å². The van der Waals surface area contributed by atoms with Crippen molar-refractivity contribution in [2.24, 2.45) is 0 Å². The number of methoxy groups -OCH3 is 1. The maximum Gasteiger partial charge on any atom is 0.118 e. The van der Waals surface area contributed by atoms with E-state index in [2.05, 4.69) is 6.92 Å². The second-order valence-electron chi connectivity index (χ2n) is 4.74. The maximum absolute atomic E-state index is 6.36. The SMILES string of the molecule is COc1ccc(-c2cc(Cl)c3ccc(C)cc3n2)cc1. The van der Waals surface area contributed by atoms with Gasteiger partial charge in [0.2, 0.25) is 0 Å². The van der Waals surface area contributed by atoms with Gasteiger partial charge in [-0.05, 0) is 48.9 Å². The third kappa shape index (κ3) is 2.35. The molecule has 2 aromatic carbocycles. The Morgan fingerprint density at radius 2 is 1.75 bits per heavy atom. The van der Waals surface area contributed by atoms with E-state index in [1.165, 1.54) is 5.56 Å². The molecule has 0 radical (unpaired) electrons. The van der Waals surface area contributed by atoms with Crippen LogP contribution < -0.4 is 4.74 Å². The number of fused-ring (bicyclic) bond motifs is 1. The van der Waals surface area contributed by atoms with E-state index >= 15 is 0 Å². The lowest BCUT2D eigenvalue weighted by molar-refractivity contribution is 0.415. The summed E-state index contributed by atoms with van der Waals surface area (Å²) in [6.07, 6.45) is 0. The zero-order valence-corrected chi connectivity index (χ0v) is 12.1. The number of nitrogens with zero attached hydrogens (tertiary/aromatic N) is 1. The molecular formula is C17H14ClNO. The number of rotatable bonds is 2. The molecule has 0 fully saturated rings. The van der Waals surface area contributed by atoms with Crippen molar-refractivity contribution in [2.45, 2.75) is 6.92 Å². The lowest BCUT2D eigenvalue weighted by Crippen LogP contribution is -1.88. The Morgan fingerprint density at radius 3 is 2.45 bits per heavy atom. The molecule has 100 valence electrons. The van der Waals surface area contributed by atoms with Gasteiger partial charge in [0.15, 0.2) is 0 Å². The lowest BCUT2D eigenvalue weighted by atomic mass is 10.1. The van der Waals surface area contributed by atoms with Crippen LogP contribution in [0.4, 0.5) is 0 Å². The van der Waals surface area contributed by atoms with Crippen molar-refractivity contribution in [3.8, 4) is 17.0 Å². The van der Waals surface area contributed by atoms with Gasteiger partial charge in [-0.25, -0.2) is 4.98 Å². The number of benzene rings is 2. The van der Waals surface area contributed by atoms with Gasteiger partial charge in [-0.2, -0.15) is 0 Å². The summed E-state index contributed by atoms with van der Waals surface area (Å²) >= 11 is 6.36. The Balaban J connectivity index is 2.15. The minimum Gasteiger partial charge on any atom is -0.497 e. The molecule has 0 aliphatic heterocycles. The largest absolute Gasteiger partial charge is 0.497 e. The van der Waals surface area contributed by atoms with Crippen molar-refractivity contribution < 1.29 is 4.74 Å². The Kier molecular flexibility index (Phi) is 3.33. The van der Waals surface area contributed by atoms with Crippen LogP contribution in [0, 0.1) is 6.92 Å². The molecule has 3 rings (SSSR count). The van der Waals surface area contributed by atoms with Crippen molar-refractivity contribution in [3.63, 3.8) is 0 Å². The molecule has 2 nitrogen and oxygen atoms in total. The van der Waals surface area contributed by atoms with Crippen LogP contribution in [0.5, 0.6) is 5.75 Å². The van der Waals surface area contributed by atoms with Crippen LogP contribution >= 0.6 is 11.6 Å². The number of ether oxygens (including phenoxy) is 1. The van der Waals surface area contributed by atoms with E-state index in [-0.39, 0.29) is 0 Å². The molecule has 3 heteroatoms. The molecular weight excluding hydrogens is 270 g/mol. The summed E-state index contributed by atoms with van der Waals surface area (Å²) in [5.41, 5.74) is 3.99. The van der Waals surface area contributed by atoms with Crippen molar-refractivity contribution in [1.29, 1.82) is 0 Å². The van der Waals surface area contributed by atoms with Crippen LogP contribution in [0.1, 0.15) is 5.56 Å². The van der Waals surface area contributed by atoms with Crippen LogP contribution in [-0.4, -0.2) is 12.1 Å². The highest BCUT2D eigenvalue weighted by Gasteiger charge is 2.06. The topological polar surface area (TPSA) is 22.1 Å². The minimum absolute atomic E-state index is 0.723. The molecule has 0 atom stereocenters. The predicted molar refractivity (Wildman–Crippen MR) is 83.5 cm³/mol. The average molecular weight is 284 g/mol. The summed E-state index contributed by atoms with van der Waals surface area (Å²) in [6, 6.07) is 15.8. The van der Waals surface area contributed by atoms with Gasteiger partial charge in [0.1, 0.15) is 5.75 Å². The first-order chi connectivity index (χ1) is 9.67.